The molecule has 0 spiro atoms. The fourth-order valence-corrected chi connectivity index (χ4v) is 1.90. The van der Waals surface area contributed by atoms with E-state index in [0.717, 1.165) is 12.8 Å². The van der Waals surface area contributed by atoms with Crippen LogP contribution in [-0.4, -0.2) is 41.5 Å². The number of hydrogen-bond acceptors (Lipinski definition) is 3. The number of nitrogens with one attached hydrogen (secondary N) is 1. The summed E-state index contributed by atoms with van der Waals surface area (Å²) in [6.07, 6.45) is 2.73. The molecular formula is C12H25N3OS. The summed E-state index contributed by atoms with van der Waals surface area (Å²) < 4.78 is 0. The Morgan fingerprint density at radius 3 is 2.53 bits per heavy atom. The third-order valence-electron chi connectivity index (χ3n) is 2.77. The molecule has 1 amide bonds. The maximum Gasteiger partial charge on any atom is 0.234 e. The predicted molar refractivity (Wildman–Crippen MR) is 76.0 cm³/mol. The van der Waals surface area contributed by atoms with E-state index in [1.54, 1.807) is 0 Å². The Morgan fingerprint density at radius 1 is 1.47 bits per heavy atom. The number of likely N-dealkylation sites (N-methyl/N-ethyl adjacent to an activating group) is 1. The Morgan fingerprint density at radius 2 is 2.06 bits per heavy atom. The van der Waals surface area contributed by atoms with Crippen molar-refractivity contribution in [2.24, 2.45) is 5.73 Å². The zero-order valence-corrected chi connectivity index (χ0v) is 12.1. The molecule has 0 aliphatic carbocycles. The van der Waals surface area contributed by atoms with Crippen molar-refractivity contribution in [3.8, 4) is 0 Å². The van der Waals surface area contributed by atoms with E-state index in [4.69, 9.17) is 18.0 Å². The summed E-state index contributed by atoms with van der Waals surface area (Å²) in [4.78, 5) is 14.2. The van der Waals surface area contributed by atoms with Crippen LogP contribution in [0.4, 0.5) is 0 Å². The molecule has 0 rings (SSSR count). The van der Waals surface area contributed by atoms with Crippen LogP contribution in [0.5, 0.6) is 0 Å². The van der Waals surface area contributed by atoms with Gasteiger partial charge in [0.2, 0.25) is 5.91 Å². The van der Waals surface area contributed by atoms with Gasteiger partial charge in [-0.3, -0.25) is 9.69 Å². The molecule has 0 fully saturated rings. The standard InChI is InChI=1S/C12H25N3OS/c1-5-6-9(2)14-12(16)8-15(4)10(3)7-11(13)17/h9-10H,5-8H2,1-4H3,(H2,13,17)(H,14,16). The first kappa shape index (κ1) is 16.3. The molecule has 17 heavy (non-hydrogen) atoms. The Kier molecular flexibility index (Phi) is 8.08. The van der Waals surface area contributed by atoms with Crippen LogP contribution in [0.3, 0.4) is 0 Å². The van der Waals surface area contributed by atoms with E-state index in [1.165, 1.54) is 0 Å². The smallest absolute Gasteiger partial charge is 0.234 e. The Balaban J connectivity index is 3.98. The number of carbonyl (C=O) groups excluding carboxylic acids is 1. The molecule has 0 saturated heterocycles. The van der Waals surface area contributed by atoms with Crippen molar-refractivity contribution in [1.29, 1.82) is 0 Å². The molecule has 0 saturated carbocycles. The van der Waals surface area contributed by atoms with Gasteiger partial charge in [-0.2, -0.15) is 0 Å². The second kappa shape index (κ2) is 8.42. The molecule has 0 aromatic carbocycles. The molecule has 0 radical (unpaired) electrons. The molecule has 0 aliphatic rings. The number of nitrogens with zero attached hydrogens (tertiary/aromatic N) is 1. The van der Waals surface area contributed by atoms with Crippen molar-refractivity contribution in [2.45, 2.75) is 52.1 Å². The summed E-state index contributed by atoms with van der Waals surface area (Å²) in [7, 11) is 1.91. The van der Waals surface area contributed by atoms with Crippen LogP contribution in [-0.2, 0) is 4.79 Å². The fourth-order valence-electron chi connectivity index (χ4n) is 1.65. The molecule has 100 valence electrons. The zero-order valence-electron chi connectivity index (χ0n) is 11.3. The SMILES string of the molecule is CCCC(C)NC(=O)CN(C)C(C)CC(N)=S. The van der Waals surface area contributed by atoms with Gasteiger partial charge in [-0.15, -0.1) is 0 Å². The number of hydrogen-bond donors (Lipinski definition) is 2. The first-order chi connectivity index (χ1) is 7.86. The summed E-state index contributed by atoms with van der Waals surface area (Å²) in [5.74, 6) is 0.0586. The highest BCUT2D eigenvalue weighted by Crippen LogP contribution is 2.01. The molecule has 0 heterocycles. The second-order valence-electron chi connectivity index (χ2n) is 4.69. The van der Waals surface area contributed by atoms with E-state index in [9.17, 15) is 4.79 Å². The molecule has 5 heteroatoms. The number of nitrogens with two attached hydrogens (primary N) is 1. The van der Waals surface area contributed by atoms with E-state index in [1.807, 2.05) is 25.8 Å². The van der Waals surface area contributed by atoms with Crippen LogP contribution in [0, 0.1) is 0 Å². The van der Waals surface area contributed by atoms with Gasteiger partial charge in [0.05, 0.1) is 11.5 Å². The average molecular weight is 259 g/mol. The monoisotopic (exact) mass is 259 g/mol. The number of thiocarbonyl (C=S) groups is 1. The van der Waals surface area contributed by atoms with Crippen LogP contribution in [0.2, 0.25) is 0 Å². The highest BCUT2D eigenvalue weighted by molar-refractivity contribution is 7.80. The Hall–Kier alpha value is -0.680. The summed E-state index contributed by atoms with van der Waals surface area (Å²) in [6.45, 7) is 6.54. The largest absolute Gasteiger partial charge is 0.393 e. The third kappa shape index (κ3) is 8.10. The number of carbonyl (C=O) groups is 1. The average Bonchev–Trinajstić information content (AvgIpc) is 2.16. The van der Waals surface area contributed by atoms with E-state index >= 15 is 0 Å². The van der Waals surface area contributed by atoms with Crippen LogP contribution in [0.1, 0.15) is 40.0 Å². The quantitative estimate of drug-likeness (QED) is 0.645. The topological polar surface area (TPSA) is 58.4 Å². The summed E-state index contributed by atoms with van der Waals surface area (Å²) >= 11 is 4.86. The Labute approximate surface area is 110 Å². The van der Waals surface area contributed by atoms with Gasteiger partial charge in [-0.05, 0) is 27.3 Å². The first-order valence-electron chi connectivity index (χ1n) is 6.14. The van der Waals surface area contributed by atoms with Gasteiger partial charge in [0.1, 0.15) is 0 Å². The van der Waals surface area contributed by atoms with E-state index < -0.39 is 0 Å². The minimum Gasteiger partial charge on any atom is -0.393 e. The molecule has 2 unspecified atom stereocenters. The second-order valence-corrected chi connectivity index (χ2v) is 5.22. The minimum absolute atomic E-state index is 0.0586. The summed E-state index contributed by atoms with van der Waals surface area (Å²) in [6, 6.07) is 0.437. The molecule has 0 aromatic rings. The van der Waals surface area contributed by atoms with Gasteiger partial charge in [0.25, 0.3) is 0 Å². The summed E-state index contributed by atoms with van der Waals surface area (Å²) in [5.41, 5.74) is 5.49. The van der Waals surface area contributed by atoms with Crippen molar-refractivity contribution >= 4 is 23.1 Å². The molecule has 0 aliphatic heterocycles. The van der Waals surface area contributed by atoms with Crippen molar-refractivity contribution in [3.63, 3.8) is 0 Å². The molecule has 3 N–H and O–H groups in total. The van der Waals surface area contributed by atoms with Gasteiger partial charge < -0.3 is 11.1 Å². The van der Waals surface area contributed by atoms with Crippen LogP contribution in [0.15, 0.2) is 0 Å². The lowest BCUT2D eigenvalue weighted by molar-refractivity contribution is -0.123. The van der Waals surface area contributed by atoms with Gasteiger partial charge in [0, 0.05) is 18.5 Å². The molecule has 0 bridgehead atoms. The molecular weight excluding hydrogens is 234 g/mol. The van der Waals surface area contributed by atoms with Crippen LogP contribution < -0.4 is 11.1 Å². The minimum atomic E-state index is 0.0586. The molecule has 2 atom stereocenters. The van der Waals surface area contributed by atoms with Crippen molar-refractivity contribution in [1.82, 2.24) is 10.2 Å². The lowest BCUT2D eigenvalue weighted by atomic mass is 10.2. The highest BCUT2D eigenvalue weighted by atomic mass is 32.1. The van der Waals surface area contributed by atoms with Crippen molar-refractivity contribution in [2.75, 3.05) is 13.6 Å². The van der Waals surface area contributed by atoms with Gasteiger partial charge in [-0.1, -0.05) is 25.6 Å². The lowest BCUT2D eigenvalue weighted by Gasteiger charge is -2.24. The number of rotatable bonds is 8. The maximum absolute atomic E-state index is 11.7. The first-order valence-corrected chi connectivity index (χ1v) is 6.55. The normalized spacial score (nSPS) is 14.4. The van der Waals surface area contributed by atoms with Gasteiger partial charge in [-0.25, -0.2) is 0 Å². The van der Waals surface area contributed by atoms with Gasteiger partial charge in [0.15, 0.2) is 0 Å². The van der Waals surface area contributed by atoms with Crippen molar-refractivity contribution in [3.05, 3.63) is 0 Å². The highest BCUT2D eigenvalue weighted by Gasteiger charge is 2.14. The Bertz CT molecular complexity index is 258. The maximum atomic E-state index is 11.7. The molecule has 4 nitrogen and oxygen atoms in total. The fraction of sp³-hybridized carbons (Fsp3) is 0.833. The van der Waals surface area contributed by atoms with Gasteiger partial charge >= 0.3 is 0 Å². The van der Waals surface area contributed by atoms with E-state index in [0.29, 0.717) is 18.0 Å². The third-order valence-corrected chi connectivity index (χ3v) is 2.94. The predicted octanol–water partition coefficient (Wildman–Crippen LogP) is 1.29. The van der Waals surface area contributed by atoms with Crippen molar-refractivity contribution < 1.29 is 4.79 Å². The van der Waals surface area contributed by atoms with Crippen LogP contribution in [0.25, 0.3) is 0 Å². The lowest BCUT2D eigenvalue weighted by Crippen LogP contribution is -2.43. The summed E-state index contributed by atoms with van der Waals surface area (Å²) in [5, 5.41) is 2.98. The zero-order chi connectivity index (χ0) is 13.4. The number of amides is 1. The van der Waals surface area contributed by atoms with E-state index in [-0.39, 0.29) is 18.0 Å². The molecule has 0 aromatic heterocycles. The van der Waals surface area contributed by atoms with E-state index in [2.05, 4.69) is 12.2 Å². The van der Waals surface area contributed by atoms with Crippen LogP contribution >= 0.6 is 12.2 Å².